The summed E-state index contributed by atoms with van der Waals surface area (Å²) < 4.78 is 45.3. The number of anilines is 1. The molecule has 2 unspecified atom stereocenters. The van der Waals surface area contributed by atoms with Crippen LogP contribution in [-0.2, 0) is 14.8 Å². The molecule has 3 aromatic carbocycles. The molecule has 1 aliphatic heterocycles. The molecule has 0 bridgehead atoms. The van der Waals surface area contributed by atoms with Gasteiger partial charge < -0.3 is 24.3 Å². The lowest BCUT2D eigenvalue weighted by molar-refractivity contribution is -0.00546. The lowest BCUT2D eigenvalue weighted by atomic mass is 10.0. The smallest absolute Gasteiger partial charge is 0.255 e. The molecule has 2 heterocycles. The number of ether oxygens (including phenoxy) is 2. The van der Waals surface area contributed by atoms with Crippen molar-refractivity contribution in [2.75, 3.05) is 30.8 Å². The Morgan fingerprint density at radius 2 is 1.75 bits per heavy atom. The number of nitrogens with zero attached hydrogens (tertiary/aromatic N) is 1. The third-order valence-electron chi connectivity index (χ3n) is 6.99. The van der Waals surface area contributed by atoms with E-state index >= 15 is 0 Å². The van der Waals surface area contributed by atoms with Gasteiger partial charge in [0.05, 0.1) is 36.3 Å². The van der Waals surface area contributed by atoms with E-state index in [1.165, 1.54) is 4.31 Å². The van der Waals surface area contributed by atoms with Crippen LogP contribution in [0.1, 0.15) is 40.9 Å². The number of fused-ring (bicyclic) bond motifs is 2. The van der Waals surface area contributed by atoms with E-state index in [1.807, 2.05) is 50.2 Å². The first-order valence-electron chi connectivity index (χ1n) is 13.0. The van der Waals surface area contributed by atoms with Crippen molar-refractivity contribution in [2.24, 2.45) is 0 Å². The van der Waals surface area contributed by atoms with Gasteiger partial charge in [0, 0.05) is 36.2 Å². The Labute approximate surface area is 233 Å². The van der Waals surface area contributed by atoms with E-state index in [0.29, 0.717) is 50.6 Å². The Hall–Kier alpha value is -3.86. The van der Waals surface area contributed by atoms with Gasteiger partial charge >= 0.3 is 0 Å². The molecule has 210 valence electrons. The van der Waals surface area contributed by atoms with Gasteiger partial charge in [-0.25, -0.2) is 8.42 Å². The zero-order valence-electron chi connectivity index (χ0n) is 22.8. The molecule has 0 radical (unpaired) electrons. The van der Waals surface area contributed by atoms with E-state index in [1.54, 1.807) is 31.3 Å². The molecule has 1 aliphatic rings. The number of hydrogen-bond acceptors (Lipinski definition) is 7. The number of carbonyl (C=O) groups is 1. The Kier molecular flexibility index (Phi) is 7.59. The maximum absolute atomic E-state index is 13.1. The molecule has 1 amide bonds. The second-order valence-electron chi connectivity index (χ2n) is 9.94. The van der Waals surface area contributed by atoms with Crippen molar-refractivity contribution in [2.45, 2.75) is 32.5 Å². The van der Waals surface area contributed by atoms with Gasteiger partial charge in [0.1, 0.15) is 22.8 Å². The average Bonchev–Trinajstić information content (AvgIpc) is 3.23. The second kappa shape index (κ2) is 11.0. The van der Waals surface area contributed by atoms with E-state index in [0.717, 1.165) is 11.8 Å². The summed E-state index contributed by atoms with van der Waals surface area (Å²) in [6.45, 7) is 3.76. The van der Waals surface area contributed by atoms with Gasteiger partial charge in [0.15, 0.2) is 0 Å². The molecule has 1 aromatic heterocycles. The first-order chi connectivity index (χ1) is 19.1. The highest BCUT2D eigenvalue weighted by atomic mass is 32.2. The fourth-order valence-corrected chi connectivity index (χ4v) is 5.92. The van der Waals surface area contributed by atoms with E-state index < -0.39 is 22.2 Å². The van der Waals surface area contributed by atoms with Crippen LogP contribution in [0.25, 0.3) is 22.3 Å². The predicted octanol–water partition coefficient (Wildman–Crippen LogP) is 5.17. The topological polar surface area (TPSA) is 118 Å². The maximum atomic E-state index is 13.1. The first-order valence-corrected chi connectivity index (χ1v) is 14.9. The minimum absolute atomic E-state index is 0.0561. The van der Waals surface area contributed by atoms with Crippen LogP contribution >= 0.6 is 0 Å². The van der Waals surface area contributed by atoms with Crippen LogP contribution in [-0.4, -0.2) is 52.0 Å². The molecule has 4 aromatic rings. The van der Waals surface area contributed by atoms with E-state index in [-0.39, 0.29) is 25.5 Å². The number of benzene rings is 3. The molecule has 9 nitrogen and oxygen atoms in total. The number of aryl methyl sites for hydroxylation is 1. The highest BCUT2D eigenvalue weighted by Gasteiger charge is 2.33. The molecular weight excluding hydrogens is 532 g/mol. The predicted molar refractivity (Wildman–Crippen MR) is 153 cm³/mol. The van der Waals surface area contributed by atoms with E-state index in [9.17, 15) is 18.3 Å². The molecule has 10 heteroatoms. The molecule has 0 fully saturated rings. The van der Waals surface area contributed by atoms with Crippen LogP contribution in [0, 0.1) is 6.92 Å². The normalized spacial score (nSPS) is 17.4. The van der Waals surface area contributed by atoms with Crippen molar-refractivity contribution < 1.29 is 32.2 Å². The third-order valence-corrected chi connectivity index (χ3v) is 8.14. The summed E-state index contributed by atoms with van der Waals surface area (Å²) in [5.41, 5.74) is 3.53. The fourth-order valence-electron chi connectivity index (χ4n) is 4.97. The van der Waals surface area contributed by atoms with E-state index in [4.69, 9.17) is 13.9 Å². The van der Waals surface area contributed by atoms with Crippen molar-refractivity contribution in [1.29, 1.82) is 0 Å². The molecule has 2 N–H and O–H groups in total. The third kappa shape index (κ3) is 5.42. The minimum Gasteiger partial charge on any atom is -0.457 e. The van der Waals surface area contributed by atoms with Crippen LogP contribution in [0.4, 0.5) is 5.69 Å². The molecular formula is C30H32N2O7S. The van der Waals surface area contributed by atoms with Gasteiger partial charge in [0.2, 0.25) is 10.0 Å². The number of sulfonamides is 1. The Bertz CT molecular complexity index is 1640. The first kappa shape index (κ1) is 27.7. The average molecular weight is 565 g/mol. The Balaban J connectivity index is 1.60. The number of nitrogens with one attached hydrogen (secondary N) is 1. The van der Waals surface area contributed by atoms with Gasteiger partial charge in [0.25, 0.3) is 5.91 Å². The summed E-state index contributed by atoms with van der Waals surface area (Å²) in [6, 6.07) is 18.4. The number of aliphatic hydroxyl groups is 1. The molecule has 40 heavy (non-hydrogen) atoms. The summed E-state index contributed by atoms with van der Waals surface area (Å²) in [5.74, 6) is 1.36. The van der Waals surface area contributed by atoms with Crippen LogP contribution in [0.2, 0.25) is 0 Å². The molecule has 0 saturated heterocycles. The van der Waals surface area contributed by atoms with Gasteiger partial charge in [-0.3, -0.25) is 9.10 Å². The van der Waals surface area contributed by atoms with Crippen LogP contribution in [0.15, 0.2) is 65.1 Å². The van der Waals surface area contributed by atoms with Crippen LogP contribution in [0.5, 0.6) is 11.5 Å². The zero-order chi connectivity index (χ0) is 28.6. The highest BCUT2D eigenvalue weighted by Crippen LogP contribution is 2.42. The standard InChI is InChI=1S/C30H32N2O7S/c1-18-5-9-21(10-6-18)38-22-11-7-20(8-12-22)29-28(30(34)31-3)25-15-24-19(2)37-23(13-14-33)17-32(40(4,35)36)26(24)16-27(25)39-29/h5-12,15-16,19,23,33H,13-14,17H2,1-4H3,(H,31,34). The SMILES string of the molecule is CNC(=O)c1c(-c2ccc(Oc3ccc(C)cc3)cc2)oc2cc3c(cc12)C(C)OC(CCO)CN3S(C)(=O)=O. The largest absolute Gasteiger partial charge is 0.457 e. The van der Waals surface area contributed by atoms with Crippen molar-refractivity contribution in [3.05, 3.63) is 77.4 Å². The fraction of sp³-hybridized carbons (Fsp3) is 0.300. The van der Waals surface area contributed by atoms with E-state index in [2.05, 4.69) is 5.32 Å². The molecule has 2 atom stereocenters. The maximum Gasteiger partial charge on any atom is 0.255 e. The summed E-state index contributed by atoms with van der Waals surface area (Å²) in [6.07, 6.45) is 0.439. The van der Waals surface area contributed by atoms with Crippen LogP contribution < -0.4 is 14.4 Å². The van der Waals surface area contributed by atoms with Gasteiger partial charge in [-0.05, 0) is 62.7 Å². The minimum atomic E-state index is -3.68. The molecule has 5 rings (SSSR count). The summed E-state index contributed by atoms with van der Waals surface area (Å²) >= 11 is 0. The zero-order valence-corrected chi connectivity index (χ0v) is 23.6. The molecule has 0 saturated carbocycles. The van der Waals surface area contributed by atoms with Crippen molar-refractivity contribution >= 4 is 32.6 Å². The number of amides is 1. The lowest BCUT2D eigenvalue weighted by Crippen LogP contribution is -2.37. The molecule has 0 spiro atoms. The monoisotopic (exact) mass is 564 g/mol. The number of aliphatic hydroxyl groups excluding tert-OH is 1. The van der Waals surface area contributed by atoms with Gasteiger partial charge in [-0.15, -0.1) is 0 Å². The second-order valence-corrected chi connectivity index (χ2v) is 11.8. The summed E-state index contributed by atoms with van der Waals surface area (Å²) in [5, 5.41) is 12.7. The summed E-state index contributed by atoms with van der Waals surface area (Å²) in [7, 11) is -2.13. The summed E-state index contributed by atoms with van der Waals surface area (Å²) in [4.78, 5) is 13.1. The number of furan rings is 1. The van der Waals surface area contributed by atoms with Crippen molar-refractivity contribution in [3.8, 4) is 22.8 Å². The van der Waals surface area contributed by atoms with Gasteiger partial charge in [-0.2, -0.15) is 0 Å². The van der Waals surface area contributed by atoms with Crippen molar-refractivity contribution in [3.63, 3.8) is 0 Å². The number of rotatable bonds is 7. The lowest BCUT2D eigenvalue weighted by Gasteiger charge is -2.24. The Morgan fingerprint density at radius 1 is 1.10 bits per heavy atom. The number of hydrogen-bond donors (Lipinski definition) is 2. The number of carbonyl (C=O) groups excluding carboxylic acids is 1. The molecule has 0 aliphatic carbocycles. The Morgan fingerprint density at radius 3 is 2.35 bits per heavy atom. The quantitative estimate of drug-likeness (QED) is 0.318. The van der Waals surface area contributed by atoms with Crippen molar-refractivity contribution in [1.82, 2.24) is 5.32 Å². The van der Waals surface area contributed by atoms with Crippen LogP contribution in [0.3, 0.4) is 0 Å². The highest BCUT2D eigenvalue weighted by molar-refractivity contribution is 7.92. The van der Waals surface area contributed by atoms with Gasteiger partial charge in [-0.1, -0.05) is 17.7 Å².